The van der Waals surface area contributed by atoms with Crippen molar-refractivity contribution in [3.8, 4) is 11.4 Å². The van der Waals surface area contributed by atoms with Gasteiger partial charge in [-0.2, -0.15) is 0 Å². The zero-order valence-electron chi connectivity index (χ0n) is 12.5. The molecule has 22 heavy (non-hydrogen) atoms. The zero-order chi connectivity index (χ0) is 14.9. The summed E-state index contributed by atoms with van der Waals surface area (Å²) >= 11 is 1.83. The molecule has 0 aliphatic carbocycles. The fourth-order valence-electron chi connectivity index (χ4n) is 3.19. The molecule has 1 aliphatic rings. The second kappa shape index (κ2) is 5.57. The quantitative estimate of drug-likeness (QED) is 0.736. The summed E-state index contributed by atoms with van der Waals surface area (Å²) in [6.07, 6.45) is 2.39. The Morgan fingerprint density at radius 3 is 2.73 bits per heavy atom. The van der Waals surface area contributed by atoms with Gasteiger partial charge in [-0.3, -0.25) is 4.57 Å². The largest absolute Gasteiger partial charge is 0.333 e. The molecule has 4 nitrogen and oxygen atoms in total. The highest BCUT2D eigenvalue weighted by Gasteiger charge is 2.30. The highest BCUT2D eigenvalue weighted by Crippen LogP contribution is 2.37. The minimum Gasteiger partial charge on any atom is -0.333 e. The molecule has 1 aliphatic heterocycles. The average Bonchev–Trinajstić information content (AvgIpc) is 3.27. The molecule has 0 saturated carbocycles. The molecule has 4 rings (SSSR count). The Labute approximate surface area is 134 Å². The number of benzene rings is 1. The van der Waals surface area contributed by atoms with Crippen molar-refractivity contribution < 1.29 is 0 Å². The summed E-state index contributed by atoms with van der Waals surface area (Å²) in [5.74, 6) is 1.89. The van der Waals surface area contributed by atoms with Crippen molar-refractivity contribution in [2.45, 2.75) is 18.9 Å². The van der Waals surface area contributed by atoms with E-state index in [9.17, 15) is 0 Å². The molecule has 3 aromatic rings. The summed E-state index contributed by atoms with van der Waals surface area (Å²) in [4.78, 5) is 3.81. The van der Waals surface area contributed by atoms with E-state index in [0.717, 1.165) is 23.9 Å². The van der Waals surface area contributed by atoms with Crippen LogP contribution < -0.4 is 4.90 Å². The van der Waals surface area contributed by atoms with Gasteiger partial charge >= 0.3 is 0 Å². The molecule has 2 aromatic heterocycles. The van der Waals surface area contributed by atoms with Gasteiger partial charge in [-0.05, 0) is 24.3 Å². The summed E-state index contributed by atoms with van der Waals surface area (Å²) in [6.45, 7) is 1.04. The minimum atomic E-state index is 0.437. The van der Waals surface area contributed by atoms with Crippen LogP contribution in [0.2, 0.25) is 0 Å². The van der Waals surface area contributed by atoms with Crippen molar-refractivity contribution in [2.75, 3.05) is 11.4 Å². The van der Waals surface area contributed by atoms with Crippen LogP contribution in [0.15, 0.2) is 47.8 Å². The van der Waals surface area contributed by atoms with Gasteiger partial charge in [0.15, 0.2) is 5.82 Å². The predicted octanol–water partition coefficient (Wildman–Crippen LogP) is 3.89. The lowest BCUT2D eigenvalue weighted by Gasteiger charge is -2.24. The summed E-state index contributed by atoms with van der Waals surface area (Å²) in [5, 5.41) is 11.0. The molecule has 0 unspecified atom stereocenters. The predicted molar refractivity (Wildman–Crippen MR) is 90.1 cm³/mol. The molecule has 5 heteroatoms. The number of aromatic nitrogens is 3. The van der Waals surface area contributed by atoms with E-state index in [-0.39, 0.29) is 0 Å². The molecule has 3 heterocycles. The van der Waals surface area contributed by atoms with Crippen LogP contribution in [0, 0.1) is 0 Å². The second-order valence-electron chi connectivity index (χ2n) is 5.62. The topological polar surface area (TPSA) is 34.0 Å². The monoisotopic (exact) mass is 310 g/mol. The normalized spacial score (nSPS) is 18.0. The number of anilines is 1. The molecule has 112 valence electrons. The smallest absolute Gasteiger partial charge is 0.227 e. The van der Waals surface area contributed by atoms with E-state index in [2.05, 4.69) is 56.4 Å². The number of hydrogen-bond acceptors (Lipinski definition) is 4. The second-order valence-corrected chi connectivity index (χ2v) is 6.59. The first-order valence-corrected chi connectivity index (χ1v) is 8.47. The van der Waals surface area contributed by atoms with Crippen LogP contribution in [0.3, 0.4) is 0 Å². The van der Waals surface area contributed by atoms with Crippen molar-refractivity contribution in [1.82, 2.24) is 14.8 Å². The van der Waals surface area contributed by atoms with E-state index in [4.69, 9.17) is 0 Å². The zero-order valence-corrected chi connectivity index (χ0v) is 13.3. The minimum absolute atomic E-state index is 0.437. The van der Waals surface area contributed by atoms with Gasteiger partial charge in [-0.25, -0.2) is 0 Å². The van der Waals surface area contributed by atoms with Crippen LogP contribution >= 0.6 is 11.3 Å². The van der Waals surface area contributed by atoms with Crippen LogP contribution in [0.5, 0.6) is 0 Å². The lowest BCUT2D eigenvalue weighted by Crippen LogP contribution is -2.25. The van der Waals surface area contributed by atoms with E-state index < -0.39 is 0 Å². The summed E-state index contributed by atoms with van der Waals surface area (Å²) in [5.41, 5.74) is 1.11. The Hall–Kier alpha value is -2.14. The van der Waals surface area contributed by atoms with E-state index in [1.165, 1.54) is 17.7 Å². The van der Waals surface area contributed by atoms with Gasteiger partial charge in [0.1, 0.15) is 0 Å². The summed E-state index contributed by atoms with van der Waals surface area (Å²) in [6, 6.07) is 15.0. The van der Waals surface area contributed by atoms with Gasteiger partial charge in [0.25, 0.3) is 0 Å². The molecular weight excluding hydrogens is 292 g/mol. The van der Waals surface area contributed by atoms with Gasteiger partial charge in [0.05, 0.1) is 6.04 Å². The molecule has 0 radical (unpaired) electrons. The molecular formula is C17H18N4S. The van der Waals surface area contributed by atoms with Crippen molar-refractivity contribution in [3.05, 3.63) is 52.7 Å². The number of hydrogen-bond donors (Lipinski definition) is 0. The standard InChI is InChI=1S/C17H18N4S/c1-20-16(13-7-3-2-4-8-13)18-19-17(20)21-11-5-9-14(21)15-10-6-12-22-15/h2-4,6-8,10,12,14H,5,9,11H2,1H3/t14-/m0/s1. The Kier molecular flexibility index (Phi) is 3.42. The average molecular weight is 310 g/mol. The third-order valence-corrected chi connectivity index (χ3v) is 5.24. The van der Waals surface area contributed by atoms with Crippen LogP contribution in [0.25, 0.3) is 11.4 Å². The third kappa shape index (κ3) is 2.22. The fourth-order valence-corrected chi connectivity index (χ4v) is 4.07. The molecule has 0 N–H and O–H groups in total. The Morgan fingerprint density at radius 1 is 1.09 bits per heavy atom. The summed E-state index contributed by atoms with van der Waals surface area (Å²) < 4.78 is 2.11. The SMILES string of the molecule is Cn1c(-c2ccccc2)nnc1N1CCC[C@H]1c1cccs1. The van der Waals surface area contributed by atoms with Crippen molar-refractivity contribution in [1.29, 1.82) is 0 Å². The maximum atomic E-state index is 4.48. The molecule has 0 bridgehead atoms. The number of rotatable bonds is 3. The third-order valence-electron chi connectivity index (χ3n) is 4.27. The Balaban J connectivity index is 1.70. The van der Waals surface area contributed by atoms with E-state index in [0.29, 0.717) is 6.04 Å². The van der Waals surface area contributed by atoms with Crippen molar-refractivity contribution in [3.63, 3.8) is 0 Å². The number of thiophene rings is 1. The molecule has 1 atom stereocenters. The molecule has 1 aromatic carbocycles. The molecule has 1 fully saturated rings. The van der Waals surface area contributed by atoms with Gasteiger partial charge in [-0.1, -0.05) is 36.4 Å². The fraction of sp³-hybridized carbons (Fsp3) is 0.294. The van der Waals surface area contributed by atoms with Gasteiger partial charge in [0, 0.05) is 24.0 Å². The molecule has 0 amide bonds. The number of nitrogens with zero attached hydrogens (tertiary/aromatic N) is 4. The maximum absolute atomic E-state index is 4.48. The van der Waals surface area contributed by atoms with Crippen molar-refractivity contribution >= 4 is 17.3 Å². The van der Waals surface area contributed by atoms with E-state index in [1.54, 1.807) is 0 Å². The highest BCUT2D eigenvalue weighted by molar-refractivity contribution is 7.10. The van der Waals surface area contributed by atoms with Gasteiger partial charge < -0.3 is 4.90 Å². The highest BCUT2D eigenvalue weighted by atomic mass is 32.1. The van der Waals surface area contributed by atoms with Crippen LogP contribution in [-0.2, 0) is 7.05 Å². The Morgan fingerprint density at radius 2 is 1.95 bits per heavy atom. The molecule has 1 saturated heterocycles. The van der Waals surface area contributed by atoms with Crippen molar-refractivity contribution in [2.24, 2.45) is 7.05 Å². The first-order valence-electron chi connectivity index (χ1n) is 7.59. The van der Waals surface area contributed by atoms with Crippen LogP contribution in [0.1, 0.15) is 23.8 Å². The van der Waals surface area contributed by atoms with Crippen LogP contribution in [-0.4, -0.2) is 21.3 Å². The van der Waals surface area contributed by atoms with E-state index >= 15 is 0 Å². The maximum Gasteiger partial charge on any atom is 0.227 e. The van der Waals surface area contributed by atoms with Gasteiger partial charge in [-0.15, -0.1) is 21.5 Å². The molecule has 0 spiro atoms. The van der Waals surface area contributed by atoms with E-state index in [1.807, 2.05) is 29.5 Å². The summed E-state index contributed by atoms with van der Waals surface area (Å²) in [7, 11) is 2.06. The lowest BCUT2D eigenvalue weighted by molar-refractivity contribution is 0.697. The lowest BCUT2D eigenvalue weighted by atomic mass is 10.2. The van der Waals surface area contributed by atoms with Crippen LogP contribution in [0.4, 0.5) is 5.95 Å². The first-order chi connectivity index (χ1) is 10.8. The first kappa shape index (κ1) is 13.5. The Bertz CT molecular complexity index is 748. The van der Waals surface area contributed by atoms with Gasteiger partial charge in [0.2, 0.25) is 5.95 Å².